The van der Waals surface area contributed by atoms with Crippen molar-refractivity contribution in [2.45, 2.75) is 57.8 Å². The second-order valence-corrected chi connectivity index (χ2v) is 6.51. The molecule has 98 valence electrons. The highest BCUT2D eigenvalue weighted by Crippen LogP contribution is 2.57. The van der Waals surface area contributed by atoms with Gasteiger partial charge in [-0.1, -0.05) is 26.7 Å². The van der Waals surface area contributed by atoms with Crippen molar-refractivity contribution in [3.05, 3.63) is 17.6 Å². The van der Waals surface area contributed by atoms with Crippen molar-refractivity contribution >= 4 is 5.82 Å². The van der Waals surface area contributed by atoms with E-state index >= 15 is 0 Å². The molecular weight excluding hydrogens is 222 g/mol. The van der Waals surface area contributed by atoms with E-state index in [4.69, 9.17) is 4.98 Å². The van der Waals surface area contributed by atoms with Crippen LogP contribution in [0, 0.1) is 5.41 Å². The first-order valence-corrected chi connectivity index (χ1v) is 7.17. The van der Waals surface area contributed by atoms with E-state index in [9.17, 15) is 0 Å². The number of anilines is 1. The topological polar surface area (TPSA) is 37.8 Å². The molecule has 0 amide bonds. The zero-order valence-corrected chi connectivity index (χ0v) is 11.7. The van der Waals surface area contributed by atoms with Crippen molar-refractivity contribution in [2.24, 2.45) is 5.41 Å². The van der Waals surface area contributed by atoms with Crippen LogP contribution in [0.1, 0.15) is 69.3 Å². The van der Waals surface area contributed by atoms with Gasteiger partial charge in [0.1, 0.15) is 11.6 Å². The van der Waals surface area contributed by atoms with E-state index < -0.39 is 0 Å². The summed E-state index contributed by atoms with van der Waals surface area (Å²) in [6.45, 7) is 4.62. The Morgan fingerprint density at radius 3 is 2.44 bits per heavy atom. The lowest BCUT2D eigenvalue weighted by molar-refractivity contribution is 0.602. The SMILES string of the molecule is CNc1cc(C2CCCC2)nc(C2CC2(C)C)n1. The van der Waals surface area contributed by atoms with Gasteiger partial charge in [-0.25, -0.2) is 9.97 Å². The summed E-state index contributed by atoms with van der Waals surface area (Å²) in [5.74, 6) is 3.28. The molecule has 1 heterocycles. The molecule has 0 bridgehead atoms. The van der Waals surface area contributed by atoms with Gasteiger partial charge in [0.2, 0.25) is 0 Å². The average Bonchev–Trinajstić information content (AvgIpc) is 2.83. The summed E-state index contributed by atoms with van der Waals surface area (Å²) in [6, 6.07) is 2.15. The predicted molar refractivity (Wildman–Crippen MR) is 73.9 cm³/mol. The largest absolute Gasteiger partial charge is 0.373 e. The number of rotatable bonds is 3. The molecule has 0 spiro atoms. The van der Waals surface area contributed by atoms with Crippen molar-refractivity contribution in [1.29, 1.82) is 0 Å². The molecular formula is C15H23N3. The van der Waals surface area contributed by atoms with Gasteiger partial charge in [0.05, 0.1) is 0 Å². The van der Waals surface area contributed by atoms with Crippen LogP contribution < -0.4 is 5.32 Å². The second kappa shape index (κ2) is 4.22. The number of hydrogen-bond donors (Lipinski definition) is 1. The van der Waals surface area contributed by atoms with Crippen LogP contribution in [-0.2, 0) is 0 Å². The summed E-state index contributed by atoms with van der Waals surface area (Å²) in [4.78, 5) is 9.53. The fraction of sp³-hybridized carbons (Fsp3) is 0.733. The van der Waals surface area contributed by atoms with Gasteiger partial charge in [-0.3, -0.25) is 0 Å². The zero-order valence-electron chi connectivity index (χ0n) is 11.7. The highest BCUT2D eigenvalue weighted by molar-refractivity contribution is 5.38. The summed E-state index contributed by atoms with van der Waals surface area (Å²) in [5, 5.41) is 3.19. The molecule has 0 saturated heterocycles. The third-order valence-corrected chi connectivity index (χ3v) is 4.62. The zero-order chi connectivity index (χ0) is 12.8. The molecule has 3 heteroatoms. The van der Waals surface area contributed by atoms with E-state index in [1.807, 2.05) is 7.05 Å². The Balaban J connectivity index is 1.92. The molecule has 0 aliphatic heterocycles. The van der Waals surface area contributed by atoms with Gasteiger partial charge in [0.25, 0.3) is 0 Å². The van der Waals surface area contributed by atoms with Crippen LogP contribution in [-0.4, -0.2) is 17.0 Å². The van der Waals surface area contributed by atoms with Crippen LogP contribution in [0.4, 0.5) is 5.82 Å². The monoisotopic (exact) mass is 245 g/mol. The number of nitrogens with one attached hydrogen (secondary N) is 1. The van der Waals surface area contributed by atoms with Gasteiger partial charge < -0.3 is 5.32 Å². The minimum Gasteiger partial charge on any atom is -0.373 e. The van der Waals surface area contributed by atoms with E-state index in [1.165, 1.54) is 37.8 Å². The molecule has 18 heavy (non-hydrogen) atoms. The van der Waals surface area contributed by atoms with Gasteiger partial charge in [0, 0.05) is 30.6 Å². The Kier molecular flexibility index (Phi) is 2.80. The summed E-state index contributed by atoms with van der Waals surface area (Å²) >= 11 is 0. The van der Waals surface area contributed by atoms with Gasteiger partial charge >= 0.3 is 0 Å². The molecule has 2 fully saturated rings. The molecule has 1 aromatic heterocycles. The van der Waals surface area contributed by atoms with Gasteiger partial charge in [-0.05, 0) is 24.7 Å². The molecule has 2 aliphatic rings. The van der Waals surface area contributed by atoms with E-state index in [-0.39, 0.29) is 0 Å². The number of aromatic nitrogens is 2. The lowest BCUT2D eigenvalue weighted by Crippen LogP contribution is -2.06. The first kappa shape index (κ1) is 11.9. The van der Waals surface area contributed by atoms with E-state index in [1.54, 1.807) is 0 Å². The molecule has 0 aromatic carbocycles. The summed E-state index contributed by atoms with van der Waals surface area (Å²) in [5.41, 5.74) is 1.67. The number of nitrogens with zero attached hydrogens (tertiary/aromatic N) is 2. The fourth-order valence-electron chi connectivity index (χ4n) is 3.11. The molecule has 1 N–H and O–H groups in total. The predicted octanol–water partition coefficient (Wildman–Crippen LogP) is 3.69. The molecule has 3 nitrogen and oxygen atoms in total. The van der Waals surface area contributed by atoms with Crippen LogP contribution >= 0.6 is 0 Å². The molecule has 1 aromatic rings. The standard InChI is InChI=1S/C15H23N3/c1-15(2)9-11(15)14-17-12(8-13(16-3)18-14)10-6-4-5-7-10/h8,10-11H,4-7,9H2,1-3H3,(H,16,17,18). The van der Waals surface area contributed by atoms with Crippen molar-refractivity contribution in [1.82, 2.24) is 9.97 Å². The van der Waals surface area contributed by atoms with Crippen LogP contribution in [0.5, 0.6) is 0 Å². The van der Waals surface area contributed by atoms with Crippen molar-refractivity contribution in [3.63, 3.8) is 0 Å². The highest BCUT2D eigenvalue weighted by atomic mass is 15.0. The third kappa shape index (κ3) is 2.11. The van der Waals surface area contributed by atoms with E-state index in [2.05, 4.69) is 30.2 Å². The fourth-order valence-corrected chi connectivity index (χ4v) is 3.11. The molecule has 1 atom stereocenters. The molecule has 2 saturated carbocycles. The van der Waals surface area contributed by atoms with Crippen molar-refractivity contribution in [2.75, 3.05) is 12.4 Å². The maximum Gasteiger partial charge on any atom is 0.134 e. The molecule has 2 aliphatic carbocycles. The Morgan fingerprint density at radius 1 is 1.22 bits per heavy atom. The Labute approximate surface area is 109 Å². The summed E-state index contributed by atoms with van der Waals surface area (Å²) in [6.07, 6.45) is 6.53. The highest BCUT2D eigenvalue weighted by Gasteiger charge is 2.48. The third-order valence-electron chi connectivity index (χ3n) is 4.62. The van der Waals surface area contributed by atoms with Crippen molar-refractivity contribution in [3.8, 4) is 0 Å². The van der Waals surface area contributed by atoms with Crippen LogP contribution in [0.2, 0.25) is 0 Å². The van der Waals surface area contributed by atoms with Gasteiger partial charge in [-0.2, -0.15) is 0 Å². The quantitative estimate of drug-likeness (QED) is 0.882. The maximum absolute atomic E-state index is 4.87. The molecule has 1 unspecified atom stereocenters. The normalized spacial score (nSPS) is 26.3. The van der Waals surface area contributed by atoms with Crippen LogP contribution in [0.25, 0.3) is 0 Å². The van der Waals surface area contributed by atoms with Crippen LogP contribution in [0.15, 0.2) is 6.07 Å². The minimum atomic E-state index is 0.402. The maximum atomic E-state index is 4.87. The minimum absolute atomic E-state index is 0.402. The van der Waals surface area contributed by atoms with Gasteiger partial charge in [-0.15, -0.1) is 0 Å². The van der Waals surface area contributed by atoms with Crippen molar-refractivity contribution < 1.29 is 0 Å². The summed E-state index contributed by atoms with van der Waals surface area (Å²) < 4.78 is 0. The first-order chi connectivity index (χ1) is 8.60. The molecule has 0 radical (unpaired) electrons. The lowest BCUT2D eigenvalue weighted by atomic mass is 10.0. The van der Waals surface area contributed by atoms with Crippen LogP contribution in [0.3, 0.4) is 0 Å². The Morgan fingerprint density at radius 2 is 1.89 bits per heavy atom. The number of hydrogen-bond acceptors (Lipinski definition) is 3. The summed E-state index contributed by atoms with van der Waals surface area (Å²) in [7, 11) is 1.95. The molecule has 3 rings (SSSR count). The second-order valence-electron chi connectivity index (χ2n) is 6.51. The average molecular weight is 245 g/mol. The lowest BCUT2D eigenvalue weighted by Gasteiger charge is -2.13. The Bertz CT molecular complexity index is 424. The van der Waals surface area contributed by atoms with Gasteiger partial charge in [0.15, 0.2) is 0 Å². The van der Waals surface area contributed by atoms with E-state index in [0.717, 1.165) is 11.6 Å². The Hall–Kier alpha value is -1.12. The van der Waals surface area contributed by atoms with E-state index in [0.29, 0.717) is 17.3 Å². The smallest absolute Gasteiger partial charge is 0.134 e. The first-order valence-electron chi connectivity index (χ1n) is 7.17.